The van der Waals surface area contributed by atoms with Crippen LogP contribution in [0.15, 0.2) is 12.1 Å². The van der Waals surface area contributed by atoms with E-state index in [2.05, 4.69) is 10.3 Å². The van der Waals surface area contributed by atoms with Gasteiger partial charge in [-0.15, -0.1) is 0 Å². The van der Waals surface area contributed by atoms with E-state index in [0.29, 0.717) is 17.3 Å². The Kier molecular flexibility index (Phi) is 3.43. The number of aryl methyl sites for hydroxylation is 1. The van der Waals surface area contributed by atoms with E-state index in [0.717, 1.165) is 30.2 Å². The maximum absolute atomic E-state index is 13.8. The standard InChI is InChI=1S/C16H18F2N2O/c1-8(2)16(21)19-10-3-4-14-11(7-10)12-5-9(17)6-13(18)15(12)20-14/h5-6,8,10,20H,3-4,7H2,1-2H3,(H,19,21). The van der Waals surface area contributed by atoms with Crippen LogP contribution < -0.4 is 5.32 Å². The van der Waals surface area contributed by atoms with Crippen LogP contribution in [0.3, 0.4) is 0 Å². The van der Waals surface area contributed by atoms with Crippen molar-refractivity contribution in [1.82, 2.24) is 10.3 Å². The van der Waals surface area contributed by atoms with E-state index in [1.54, 1.807) is 0 Å². The molecule has 2 aromatic rings. The number of carbonyl (C=O) groups is 1. The highest BCUT2D eigenvalue weighted by Crippen LogP contribution is 2.31. The van der Waals surface area contributed by atoms with E-state index in [-0.39, 0.29) is 17.9 Å². The van der Waals surface area contributed by atoms with Crippen molar-refractivity contribution < 1.29 is 13.6 Å². The number of amides is 1. The summed E-state index contributed by atoms with van der Waals surface area (Å²) >= 11 is 0. The highest BCUT2D eigenvalue weighted by Gasteiger charge is 2.25. The molecule has 0 bridgehead atoms. The zero-order valence-electron chi connectivity index (χ0n) is 12.1. The van der Waals surface area contributed by atoms with E-state index in [1.165, 1.54) is 6.07 Å². The fourth-order valence-electron chi connectivity index (χ4n) is 2.93. The van der Waals surface area contributed by atoms with Crippen molar-refractivity contribution >= 4 is 16.8 Å². The molecule has 0 radical (unpaired) electrons. The highest BCUT2D eigenvalue weighted by atomic mass is 19.1. The van der Waals surface area contributed by atoms with E-state index < -0.39 is 11.6 Å². The number of hydrogen-bond acceptors (Lipinski definition) is 1. The van der Waals surface area contributed by atoms with Crippen molar-refractivity contribution in [3.8, 4) is 0 Å². The van der Waals surface area contributed by atoms with Crippen molar-refractivity contribution in [1.29, 1.82) is 0 Å². The van der Waals surface area contributed by atoms with Crippen LogP contribution in [0.5, 0.6) is 0 Å². The quantitative estimate of drug-likeness (QED) is 0.878. The average molecular weight is 292 g/mol. The first-order chi connectivity index (χ1) is 9.95. The van der Waals surface area contributed by atoms with Gasteiger partial charge in [-0.05, 0) is 30.9 Å². The molecule has 0 fully saturated rings. The molecule has 112 valence electrons. The van der Waals surface area contributed by atoms with Gasteiger partial charge in [0.15, 0.2) is 0 Å². The second-order valence-electron chi connectivity index (χ2n) is 6.00. The molecule has 3 nitrogen and oxygen atoms in total. The summed E-state index contributed by atoms with van der Waals surface area (Å²) in [4.78, 5) is 14.8. The summed E-state index contributed by atoms with van der Waals surface area (Å²) in [7, 11) is 0. The SMILES string of the molecule is CC(C)C(=O)NC1CCc2[nH]c3c(F)cc(F)cc3c2C1. The van der Waals surface area contributed by atoms with Crippen LogP contribution in [-0.2, 0) is 17.6 Å². The molecular formula is C16H18F2N2O. The number of H-pyrrole nitrogens is 1. The van der Waals surface area contributed by atoms with Gasteiger partial charge < -0.3 is 10.3 Å². The number of benzene rings is 1. The Balaban J connectivity index is 1.93. The van der Waals surface area contributed by atoms with Gasteiger partial charge in [0, 0.05) is 29.1 Å². The predicted octanol–water partition coefficient (Wildman–Crippen LogP) is 3.08. The Morgan fingerprint density at radius 1 is 1.38 bits per heavy atom. The third kappa shape index (κ3) is 2.52. The maximum Gasteiger partial charge on any atom is 0.222 e. The van der Waals surface area contributed by atoms with Gasteiger partial charge in [0.1, 0.15) is 11.6 Å². The molecule has 1 aromatic carbocycles. The van der Waals surface area contributed by atoms with Crippen molar-refractivity contribution in [3.63, 3.8) is 0 Å². The molecule has 0 saturated carbocycles. The van der Waals surface area contributed by atoms with Crippen molar-refractivity contribution in [3.05, 3.63) is 35.0 Å². The monoisotopic (exact) mass is 292 g/mol. The van der Waals surface area contributed by atoms with Gasteiger partial charge in [0.05, 0.1) is 5.52 Å². The number of rotatable bonds is 2. The first-order valence-corrected chi connectivity index (χ1v) is 7.24. The molecule has 1 aliphatic carbocycles. The topological polar surface area (TPSA) is 44.9 Å². The fraction of sp³-hybridized carbons (Fsp3) is 0.438. The summed E-state index contributed by atoms with van der Waals surface area (Å²) in [6.45, 7) is 3.69. The fourth-order valence-corrected chi connectivity index (χ4v) is 2.93. The van der Waals surface area contributed by atoms with Gasteiger partial charge in [-0.1, -0.05) is 13.8 Å². The predicted molar refractivity (Wildman–Crippen MR) is 77.0 cm³/mol. The second-order valence-corrected chi connectivity index (χ2v) is 6.00. The minimum atomic E-state index is -0.574. The molecule has 0 saturated heterocycles. The van der Waals surface area contributed by atoms with Crippen molar-refractivity contribution in [2.24, 2.45) is 5.92 Å². The Morgan fingerprint density at radius 3 is 2.86 bits per heavy atom. The molecule has 0 aliphatic heterocycles. The third-order valence-electron chi connectivity index (χ3n) is 4.08. The van der Waals surface area contributed by atoms with Crippen LogP contribution in [0, 0.1) is 17.6 Å². The Labute approximate surface area is 121 Å². The normalized spacial score (nSPS) is 18.0. The summed E-state index contributed by atoms with van der Waals surface area (Å²) in [6, 6.07) is 2.28. The molecule has 1 heterocycles. The third-order valence-corrected chi connectivity index (χ3v) is 4.08. The molecule has 3 rings (SSSR count). The smallest absolute Gasteiger partial charge is 0.222 e. The zero-order chi connectivity index (χ0) is 15.1. The number of carbonyl (C=O) groups excluding carboxylic acids is 1. The summed E-state index contributed by atoms with van der Waals surface area (Å²) in [5.74, 6) is -1.19. The molecule has 2 N–H and O–H groups in total. The molecule has 1 aliphatic rings. The number of nitrogens with one attached hydrogen (secondary N) is 2. The number of aromatic nitrogens is 1. The summed E-state index contributed by atoms with van der Waals surface area (Å²) in [5, 5.41) is 3.59. The second kappa shape index (κ2) is 5.13. The Morgan fingerprint density at radius 2 is 2.14 bits per heavy atom. The molecule has 0 spiro atoms. The minimum absolute atomic E-state index is 0.0145. The lowest BCUT2D eigenvalue weighted by atomic mass is 9.91. The molecule has 1 atom stereocenters. The van der Waals surface area contributed by atoms with Crippen molar-refractivity contribution in [2.45, 2.75) is 39.2 Å². The van der Waals surface area contributed by atoms with Gasteiger partial charge in [-0.25, -0.2) is 8.78 Å². The van der Waals surface area contributed by atoms with Gasteiger partial charge >= 0.3 is 0 Å². The Hall–Kier alpha value is -1.91. The molecule has 1 amide bonds. The van der Waals surface area contributed by atoms with Gasteiger partial charge in [-0.2, -0.15) is 0 Å². The summed E-state index contributed by atoms with van der Waals surface area (Å²) < 4.78 is 27.2. The van der Waals surface area contributed by atoms with E-state index >= 15 is 0 Å². The van der Waals surface area contributed by atoms with Crippen LogP contribution in [0.2, 0.25) is 0 Å². The molecular weight excluding hydrogens is 274 g/mol. The highest BCUT2D eigenvalue weighted by molar-refractivity contribution is 5.86. The lowest BCUT2D eigenvalue weighted by Gasteiger charge is -2.24. The zero-order valence-corrected chi connectivity index (χ0v) is 12.1. The molecule has 1 unspecified atom stereocenters. The number of fused-ring (bicyclic) bond motifs is 3. The van der Waals surface area contributed by atoms with E-state index in [1.807, 2.05) is 13.8 Å². The maximum atomic E-state index is 13.8. The molecule has 21 heavy (non-hydrogen) atoms. The van der Waals surface area contributed by atoms with Crippen LogP contribution in [-0.4, -0.2) is 16.9 Å². The minimum Gasteiger partial charge on any atom is -0.356 e. The lowest BCUT2D eigenvalue weighted by molar-refractivity contribution is -0.124. The van der Waals surface area contributed by atoms with Gasteiger partial charge in [-0.3, -0.25) is 4.79 Å². The Bertz CT molecular complexity index is 706. The van der Waals surface area contributed by atoms with Crippen LogP contribution >= 0.6 is 0 Å². The lowest BCUT2D eigenvalue weighted by Crippen LogP contribution is -2.40. The van der Waals surface area contributed by atoms with E-state index in [9.17, 15) is 13.6 Å². The van der Waals surface area contributed by atoms with Crippen molar-refractivity contribution in [2.75, 3.05) is 0 Å². The number of halogens is 2. The summed E-state index contributed by atoms with van der Waals surface area (Å²) in [6.07, 6.45) is 2.15. The van der Waals surface area contributed by atoms with Crippen LogP contribution in [0.1, 0.15) is 31.5 Å². The van der Waals surface area contributed by atoms with Crippen LogP contribution in [0.4, 0.5) is 8.78 Å². The van der Waals surface area contributed by atoms with E-state index in [4.69, 9.17) is 0 Å². The van der Waals surface area contributed by atoms with Gasteiger partial charge in [0.2, 0.25) is 5.91 Å². The molecule has 1 aromatic heterocycles. The van der Waals surface area contributed by atoms with Crippen LogP contribution in [0.25, 0.3) is 10.9 Å². The first-order valence-electron chi connectivity index (χ1n) is 7.24. The molecule has 5 heteroatoms. The number of hydrogen-bond donors (Lipinski definition) is 2. The average Bonchev–Trinajstić information content (AvgIpc) is 2.77. The summed E-state index contributed by atoms with van der Waals surface area (Å²) in [5.41, 5.74) is 2.23. The van der Waals surface area contributed by atoms with Gasteiger partial charge in [0.25, 0.3) is 0 Å². The first kappa shape index (κ1) is 14.0. The largest absolute Gasteiger partial charge is 0.356 e. The number of aromatic amines is 1.